The highest BCUT2D eigenvalue weighted by Crippen LogP contribution is 2.28. The number of hydrogen-bond acceptors (Lipinski definition) is 6. The van der Waals surface area contributed by atoms with E-state index in [1.165, 1.54) is 4.90 Å². The van der Waals surface area contributed by atoms with Crippen LogP contribution in [-0.2, 0) is 16.0 Å². The Morgan fingerprint density at radius 1 is 1.33 bits per heavy atom. The molecule has 7 heteroatoms. The fourth-order valence-corrected chi connectivity index (χ4v) is 3.16. The Morgan fingerprint density at radius 3 is 2.76 bits per heavy atom. The summed E-state index contributed by atoms with van der Waals surface area (Å²) in [7, 11) is 0. The van der Waals surface area contributed by atoms with E-state index < -0.39 is 6.04 Å². The van der Waals surface area contributed by atoms with Crippen molar-refractivity contribution < 1.29 is 14.1 Å². The Labute approximate surface area is 123 Å². The second-order valence-electron chi connectivity index (χ2n) is 5.73. The first-order valence-electron chi connectivity index (χ1n) is 7.53. The number of aromatic nitrogens is 2. The summed E-state index contributed by atoms with van der Waals surface area (Å²) in [6.07, 6.45) is 4.96. The van der Waals surface area contributed by atoms with E-state index in [1.54, 1.807) is 6.92 Å². The summed E-state index contributed by atoms with van der Waals surface area (Å²) in [6.45, 7) is 2.30. The number of rotatable bonds is 5. The molecule has 1 saturated heterocycles. The van der Waals surface area contributed by atoms with Gasteiger partial charge in [-0.2, -0.15) is 4.98 Å². The molecular formula is C14H20N4O3. The molecule has 7 nitrogen and oxygen atoms in total. The molecule has 0 bridgehead atoms. The lowest BCUT2D eigenvalue weighted by atomic mass is 10.2. The van der Waals surface area contributed by atoms with Crippen LogP contribution in [0.3, 0.4) is 0 Å². The lowest BCUT2D eigenvalue weighted by Gasteiger charge is -2.22. The zero-order valence-corrected chi connectivity index (χ0v) is 12.2. The topological polar surface area (TPSA) is 88.3 Å². The average molecular weight is 292 g/mol. The lowest BCUT2D eigenvalue weighted by Crippen LogP contribution is -2.43. The molecule has 1 saturated carbocycles. The average Bonchev–Trinajstić information content (AvgIpc) is 3.14. The number of nitrogens with zero attached hydrogens (tertiary/aromatic N) is 3. The van der Waals surface area contributed by atoms with Crippen molar-refractivity contribution in [1.82, 2.24) is 20.4 Å². The number of likely N-dealkylation sites (tertiary alicyclic amines) is 1. The quantitative estimate of drug-likeness (QED) is 0.799. The summed E-state index contributed by atoms with van der Waals surface area (Å²) in [5.74, 6) is 1.03. The highest BCUT2D eigenvalue weighted by Gasteiger charge is 2.42. The molecular weight excluding hydrogens is 272 g/mol. The Hall–Kier alpha value is -1.76. The fraction of sp³-hybridized carbons (Fsp3) is 0.714. The number of hydrogen-bond donors (Lipinski definition) is 1. The number of amides is 2. The maximum atomic E-state index is 12.3. The third kappa shape index (κ3) is 2.97. The van der Waals surface area contributed by atoms with Gasteiger partial charge in [-0.05, 0) is 12.8 Å². The van der Waals surface area contributed by atoms with Crippen molar-refractivity contribution >= 4 is 11.8 Å². The van der Waals surface area contributed by atoms with E-state index in [0.29, 0.717) is 24.7 Å². The van der Waals surface area contributed by atoms with Gasteiger partial charge in [0.25, 0.3) is 0 Å². The Morgan fingerprint density at radius 2 is 2.10 bits per heavy atom. The molecule has 0 radical (unpaired) electrons. The van der Waals surface area contributed by atoms with E-state index in [4.69, 9.17) is 4.52 Å². The molecule has 114 valence electrons. The molecule has 2 fully saturated rings. The molecule has 0 aromatic carbocycles. The predicted octanol–water partition coefficient (Wildman–Crippen LogP) is 0.580. The normalized spacial score (nSPS) is 23.5. The van der Waals surface area contributed by atoms with Crippen molar-refractivity contribution in [3.8, 4) is 0 Å². The Bertz CT molecular complexity index is 536. The summed E-state index contributed by atoms with van der Waals surface area (Å²) in [4.78, 5) is 30.0. The molecule has 1 aromatic heterocycles. The molecule has 21 heavy (non-hydrogen) atoms. The van der Waals surface area contributed by atoms with Gasteiger partial charge in [-0.3, -0.25) is 14.5 Å². The molecule has 2 amide bonds. The van der Waals surface area contributed by atoms with Gasteiger partial charge in [-0.1, -0.05) is 18.0 Å². The van der Waals surface area contributed by atoms with E-state index in [2.05, 4.69) is 15.5 Å². The van der Waals surface area contributed by atoms with Crippen molar-refractivity contribution in [1.29, 1.82) is 0 Å². The van der Waals surface area contributed by atoms with Crippen LogP contribution in [0, 0.1) is 6.92 Å². The summed E-state index contributed by atoms with van der Waals surface area (Å²) in [6, 6.07) is -0.275. The number of nitrogens with one attached hydrogen (secondary N) is 1. The van der Waals surface area contributed by atoms with Crippen molar-refractivity contribution in [3.63, 3.8) is 0 Å². The van der Waals surface area contributed by atoms with E-state index in [9.17, 15) is 9.59 Å². The van der Waals surface area contributed by atoms with Crippen molar-refractivity contribution in [3.05, 3.63) is 11.7 Å². The fourth-order valence-electron chi connectivity index (χ4n) is 3.16. The minimum atomic E-state index is -0.397. The van der Waals surface area contributed by atoms with Crippen LogP contribution in [0.4, 0.5) is 0 Å². The molecule has 1 aliphatic carbocycles. The van der Waals surface area contributed by atoms with Gasteiger partial charge in [0.2, 0.25) is 17.7 Å². The standard InChI is InChI=1S/C14H20N4O3/c1-9-16-12(17-21-9)6-7-15-11-8-13(19)18(14(11)20)10-4-2-3-5-10/h10-11,15H,2-8H2,1H3. The van der Waals surface area contributed by atoms with Gasteiger partial charge < -0.3 is 9.84 Å². The van der Waals surface area contributed by atoms with Crippen LogP contribution in [0.5, 0.6) is 0 Å². The first kappa shape index (κ1) is 14.2. The van der Waals surface area contributed by atoms with Gasteiger partial charge in [0.15, 0.2) is 5.82 Å². The maximum Gasteiger partial charge on any atom is 0.247 e. The molecule has 1 atom stereocenters. The predicted molar refractivity (Wildman–Crippen MR) is 73.3 cm³/mol. The zero-order chi connectivity index (χ0) is 14.8. The third-order valence-corrected chi connectivity index (χ3v) is 4.18. The number of imide groups is 1. The Kier molecular flexibility index (Phi) is 4.01. The van der Waals surface area contributed by atoms with Crippen LogP contribution in [0.1, 0.15) is 43.8 Å². The van der Waals surface area contributed by atoms with Gasteiger partial charge in [0.1, 0.15) is 0 Å². The van der Waals surface area contributed by atoms with Crippen LogP contribution >= 0.6 is 0 Å². The van der Waals surface area contributed by atoms with Crippen molar-refractivity contribution in [2.45, 2.75) is 57.5 Å². The smallest absolute Gasteiger partial charge is 0.247 e. The van der Waals surface area contributed by atoms with Crippen LogP contribution < -0.4 is 5.32 Å². The summed E-state index contributed by atoms with van der Waals surface area (Å²) < 4.78 is 4.89. The SMILES string of the molecule is Cc1nc(CCNC2CC(=O)N(C3CCCC3)C2=O)no1. The third-order valence-electron chi connectivity index (χ3n) is 4.18. The largest absolute Gasteiger partial charge is 0.340 e. The van der Waals surface area contributed by atoms with Crippen molar-refractivity contribution in [2.75, 3.05) is 6.54 Å². The number of aryl methyl sites for hydroxylation is 1. The highest BCUT2D eigenvalue weighted by molar-refractivity contribution is 6.05. The minimum absolute atomic E-state index is 0.0418. The summed E-state index contributed by atoms with van der Waals surface area (Å²) >= 11 is 0. The van der Waals surface area contributed by atoms with Gasteiger partial charge >= 0.3 is 0 Å². The first-order chi connectivity index (χ1) is 10.1. The van der Waals surface area contributed by atoms with Crippen LogP contribution in [0.15, 0.2) is 4.52 Å². The second kappa shape index (κ2) is 5.93. The summed E-state index contributed by atoms with van der Waals surface area (Å²) in [5, 5.41) is 6.94. The van der Waals surface area contributed by atoms with E-state index in [0.717, 1.165) is 25.7 Å². The first-order valence-corrected chi connectivity index (χ1v) is 7.53. The second-order valence-corrected chi connectivity index (χ2v) is 5.73. The molecule has 1 aliphatic heterocycles. The molecule has 2 aliphatic rings. The van der Waals surface area contributed by atoms with Crippen LogP contribution in [0.2, 0.25) is 0 Å². The lowest BCUT2D eigenvalue weighted by molar-refractivity contribution is -0.141. The Balaban J connectivity index is 1.52. The molecule has 1 N–H and O–H groups in total. The summed E-state index contributed by atoms with van der Waals surface area (Å²) in [5.41, 5.74) is 0. The van der Waals surface area contributed by atoms with Gasteiger partial charge in [-0.15, -0.1) is 0 Å². The van der Waals surface area contributed by atoms with Gasteiger partial charge in [0, 0.05) is 25.9 Å². The molecule has 0 spiro atoms. The van der Waals surface area contributed by atoms with Crippen LogP contribution in [0.25, 0.3) is 0 Å². The maximum absolute atomic E-state index is 12.3. The number of carbonyl (C=O) groups excluding carboxylic acids is 2. The van der Waals surface area contributed by atoms with Crippen LogP contribution in [-0.4, -0.2) is 45.5 Å². The molecule has 1 unspecified atom stereocenters. The molecule has 1 aromatic rings. The minimum Gasteiger partial charge on any atom is -0.340 e. The van der Waals surface area contributed by atoms with Gasteiger partial charge in [0.05, 0.1) is 12.5 Å². The molecule has 2 heterocycles. The zero-order valence-electron chi connectivity index (χ0n) is 12.2. The van der Waals surface area contributed by atoms with Gasteiger partial charge in [-0.25, -0.2) is 0 Å². The number of carbonyl (C=O) groups is 2. The van der Waals surface area contributed by atoms with Crippen molar-refractivity contribution in [2.24, 2.45) is 0 Å². The van der Waals surface area contributed by atoms with E-state index in [-0.39, 0.29) is 24.3 Å². The highest BCUT2D eigenvalue weighted by atomic mass is 16.5. The molecule has 3 rings (SSSR count). The monoisotopic (exact) mass is 292 g/mol. The van der Waals surface area contributed by atoms with E-state index >= 15 is 0 Å². The van der Waals surface area contributed by atoms with E-state index in [1.807, 2.05) is 0 Å².